The molecule has 3 N–H and O–H groups in total. The number of aliphatic hydroxyl groups excluding tert-OH is 2. The van der Waals surface area contributed by atoms with Crippen LogP contribution in [-0.2, 0) is 4.79 Å². The fourth-order valence-electron chi connectivity index (χ4n) is 2.86. The summed E-state index contributed by atoms with van der Waals surface area (Å²) in [6, 6.07) is -0.456. The van der Waals surface area contributed by atoms with Gasteiger partial charge in [-0.3, -0.25) is 10.1 Å². The first-order valence-corrected chi connectivity index (χ1v) is 6.41. The number of rotatable bonds is 3. The minimum Gasteiger partial charge on any atom is -0.394 e. The molecule has 1 aliphatic carbocycles. The monoisotopic (exact) mass is 256 g/mol. The standard InChI is InChI=1S/C12H20N2O4/c1-8-2-4-12(5-3-8)10(17)13-11(18)14(12)6-9(16)7-15/h8-9,15-16H,2-7H2,1H3,(H,13,17,18). The number of nitrogens with one attached hydrogen (secondary N) is 1. The molecule has 1 saturated carbocycles. The van der Waals surface area contributed by atoms with Crippen molar-refractivity contribution < 1.29 is 19.8 Å². The lowest BCUT2D eigenvalue weighted by Crippen LogP contribution is -2.54. The van der Waals surface area contributed by atoms with Gasteiger partial charge in [0.15, 0.2) is 0 Å². The van der Waals surface area contributed by atoms with Gasteiger partial charge >= 0.3 is 6.03 Å². The zero-order chi connectivity index (χ0) is 13.3. The van der Waals surface area contributed by atoms with Gasteiger partial charge in [0.05, 0.1) is 19.3 Å². The van der Waals surface area contributed by atoms with Gasteiger partial charge in [0, 0.05) is 0 Å². The van der Waals surface area contributed by atoms with Crippen LogP contribution in [0.2, 0.25) is 0 Å². The average molecular weight is 256 g/mol. The van der Waals surface area contributed by atoms with Crippen molar-refractivity contribution in [3.05, 3.63) is 0 Å². The van der Waals surface area contributed by atoms with E-state index < -0.39 is 24.3 Å². The first-order valence-electron chi connectivity index (χ1n) is 6.41. The molecule has 1 saturated heterocycles. The Hall–Kier alpha value is -1.14. The molecule has 1 heterocycles. The maximum atomic E-state index is 12.0. The number of imide groups is 1. The number of carbonyl (C=O) groups excluding carboxylic acids is 2. The van der Waals surface area contributed by atoms with Gasteiger partial charge in [-0.05, 0) is 31.6 Å². The molecule has 102 valence electrons. The van der Waals surface area contributed by atoms with Crippen molar-refractivity contribution in [1.29, 1.82) is 0 Å². The highest BCUT2D eigenvalue weighted by Crippen LogP contribution is 2.39. The molecule has 2 fully saturated rings. The summed E-state index contributed by atoms with van der Waals surface area (Å²) in [7, 11) is 0. The van der Waals surface area contributed by atoms with E-state index in [4.69, 9.17) is 5.11 Å². The number of nitrogens with zero attached hydrogens (tertiary/aromatic N) is 1. The van der Waals surface area contributed by atoms with E-state index in [1.807, 2.05) is 0 Å². The minimum absolute atomic E-state index is 0.00243. The molecule has 2 rings (SSSR count). The number of carbonyl (C=O) groups is 2. The Morgan fingerprint density at radius 1 is 1.44 bits per heavy atom. The van der Waals surface area contributed by atoms with E-state index in [0.29, 0.717) is 18.8 Å². The van der Waals surface area contributed by atoms with Crippen LogP contribution in [0.4, 0.5) is 4.79 Å². The van der Waals surface area contributed by atoms with Gasteiger partial charge < -0.3 is 15.1 Å². The van der Waals surface area contributed by atoms with Crippen molar-refractivity contribution >= 4 is 11.9 Å². The number of hydrogen-bond donors (Lipinski definition) is 3. The third-order valence-corrected chi connectivity index (χ3v) is 4.11. The van der Waals surface area contributed by atoms with Crippen LogP contribution in [0, 0.1) is 5.92 Å². The average Bonchev–Trinajstić information content (AvgIpc) is 2.57. The van der Waals surface area contributed by atoms with E-state index in [1.165, 1.54) is 4.90 Å². The number of β-amino-alcohol motifs (C(OH)–C–C–N with tert-alkyl or cyclic N) is 1. The Balaban J connectivity index is 2.19. The first kappa shape index (κ1) is 13.3. The molecular weight excluding hydrogens is 236 g/mol. The summed E-state index contributed by atoms with van der Waals surface area (Å²) >= 11 is 0. The summed E-state index contributed by atoms with van der Waals surface area (Å²) in [5.41, 5.74) is -0.806. The molecule has 6 nitrogen and oxygen atoms in total. The van der Waals surface area contributed by atoms with Gasteiger partial charge in [-0.2, -0.15) is 0 Å². The summed E-state index contributed by atoms with van der Waals surface area (Å²) in [6.07, 6.45) is 2.05. The zero-order valence-corrected chi connectivity index (χ0v) is 10.6. The Morgan fingerprint density at radius 3 is 2.61 bits per heavy atom. The molecule has 0 aromatic rings. The molecule has 3 amide bonds. The number of hydrogen-bond acceptors (Lipinski definition) is 4. The summed E-state index contributed by atoms with van der Waals surface area (Å²) < 4.78 is 0. The predicted molar refractivity (Wildman–Crippen MR) is 63.7 cm³/mol. The maximum absolute atomic E-state index is 12.0. The SMILES string of the molecule is CC1CCC2(CC1)C(=O)NC(=O)N2CC(O)CO. The topological polar surface area (TPSA) is 89.9 Å². The van der Waals surface area contributed by atoms with Gasteiger partial charge in [0.2, 0.25) is 0 Å². The van der Waals surface area contributed by atoms with Crippen LogP contribution in [0.5, 0.6) is 0 Å². The number of urea groups is 1. The second-order valence-electron chi connectivity index (χ2n) is 5.42. The van der Waals surface area contributed by atoms with E-state index in [1.54, 1.807) is 0 Å². The van der Waals surface area contributed by atoms with Crippen LogP contribution in [-0.4, -0.2) is 51.8 Å². The Labute approximate surface area is 106 Å². The summed E-state index contributed by atoms with van der Waals surface area (Å²) in [5, 5.41) is 20.7. The normalized spacial score (nSPS) is 33.9. The summed E-state index contributed by atoms with van der Waals surface area (Å²) in [6.45, 7) is 1.72. The molecule has 6 heteroatoms. The van der Waals surface area contributed by atoms with Crippen LogP contribution in [0.15, 0.2) is 0 Å². The Bertz CT molecular complexity index is 350. The molecule has 0 radical (unpaired) electrons. The third-order valence-electron chi connectivity index (χ3n) is 4.11. The van der Waals surface area contributed by atoms with Gasteiger partial charge in [-0.1, -0.05) is 6.92 Å². The zero-order valence-electron chi connectivity index (χ0n) is 10.6. The highest BCUT2D eigenvalue weighted by atomic mass is 16.3. The van der Waals surface area contributed by atoms with Gasteiger partial charge in [0.25, 0.3) is 5.91 Å². The lowest BCUT2D eigenvalue weighted by atomic mass is 9.76. The molecule has 1 spiro atoms. The van der Waals surface area contributed by atoms with Crippen molar-refractivity contribution in [3.8, 4) is 0 Å². The van der Waals surface area contributed by atoms with Crippen molar-refractivity contribution in [2.45, 2.75) is 44.2 Å². The Morgan fingerprint density at radius 2 is 2.06 bits per heavy atom. The smallest absolute Gasteiger partial charge is 0.325 e. The van der Waals surface area contributed by atoms with Crippen molar-refractivity contribution in [2.24, 2.45) is 5.92 Å². The lowest BCUT2D eigenvalue weighted by molar-refractivity contribution is -0.129. The molecule has 1 unspecified atom stereocenters. The fourth-order valence-corrected chi connectivity index (χ4v) is 2.86. The van der Waals surface area contributed by atoms with E-state index in [-0.39, 0.29) is 12.5 Å². The summed E-state index contributed by atoms with van der Waals surface area (Å²) in [4.78, 5) is 25.2. The highest BCUT2D eigenvalue weighted by Gasteiger charge is 2.53. The number of amides is 3. The van der Waals surface area contributed by atoms with Crippen LogP contribution in [0.25, 0.3) is 0 Å². The second-order valence-corrected chi connectivity index (χ2v) is 5.42. The van der Waals surface area contributed by atoms with Crippen molar-refractivity contribution in [3.63, 3.8) is 0 Å². The molecule has 0 aromatic heterocycles. The number of aliphatic hydroxyl groups is 2. The maximum Gasteiger partial charge on any atom is 0.325 e. The molecule has 0 aromatic carbocycles. The third kappa shape index (κ3) is 2.10. The van der Waals surface area contributed by atoms with E-state index in [9.17, 15) is 14.7 Å². The predicted octanol–water partition coefficient (Wildman–Crippen LogP) is -0.160. The molecule has 1 aliphatic heterocycles. The van der Waals surface area contributed by atoms with E-state index >= 15 is 0 Å². The van der Waals surface area contributed by atoms with Gasteiger partial charge in [0.1, 0.15) is 5.54 Å². The Kier molecular flexibility index (Phi) is 3.59. The van der Waals surface area contributed by atoms with Crippen molar-refractivity contribution in [2.75, 3.05) is 13.2 Å². The second kappa shape index (κ2) is 4.85. The first-order chi connectivity index (χ1) is 8.49. The molecule has 2 aliphatic rings. The highest BCUT2D eigenvalue weighted by molar-refractivity contribution is 6.07. The van der Waals surface area contributed by atoms with Crippen LogP contribution >= 0.6 is 0 Å². The molecule has 18 heavy (non-hydrogen) atoms. The van der Waals surface area contributed by atoms with Gasteiger partial charge in [-0.25, -0.2) is 4.79 Å². The van der Waals surface area contributed by atoms with Gasteiger partial charge in [-0.15, -0.1) is 0 Å². The fraction of sp³-hybridized carbons (Fsp3) is 0.833. The van der Waals surface area contributed by atoms with Crippen LogP contribution < -0.4 is 5.32 Å². The summed E-state index contributed by atoms with van der Waals surface area (Å²) in [5.74, 6) is 0.299. The van der Waals surface area contributed by atoms with Crippen LogP contribution in [0.3, 0.4) is 0 Å². The van der Waals surface area contributed by atoms with E-state index in [0.717, 1.165) is 12.8 Å². The lowest BCUT2D eigenvalue weighted by Gasteiger charge is -2.40. The molecule has 1 atom stereocenters. The molecular formula is C12H20N2O4. The van der Waals surface area contributed by atoms with E-state index in [2.05, 4.69) is 12.2 Å². The van der Waals surface area contributed by atoms with Crippen LogP contribution in [0.1, 0.15) is 32.6 Å². The molecule has 0 bridgehead atoms. The minimum atomic E-state index is -1.00. The largest absolute Gasteiger partial charge is 0.394 e. The van der Waals surface area contributed by atoms with Crippen molar-refractivity contribution in [1.82, 2.24) is 10.2 Å². The quantitative estimate of drug-likeness (QED) is 0.612.